The zero-order valence-corrected chi connectivity index (χ0v) is 20.5. The van der Waals surface area contributed by atoms with Crippen molar-refractivity contribution in [1.82, 2.24) is 10.2 Å². The van der Waals surface area contributed by atoms with Gasteiger partial charge in [-0.3, -0.25) is 9.59 Å². The van der Waals surface area contributed by atoms with Gasteiger partial charge in [0.05, 0.1) is 31.6 Å². The third-order valence-electron chi connectivity index (χ3n) is 6.87. The number of para-hydroxylation sites is 1. The van der Waals surface area contributed by atoms with Crippen LogP contribution in [0.5, 0.6) is 17.2 Å². The first-order chi connectivity index (χ1) is 18.0. The first-order valence-corrected chi connectivity index (χ1v) is 12.2. The average molecular weight is 511 g/mol. The number of hydrogen-bond donors (Lipinski definition) is 3. The molecule has 3 aliphatic rings. The number of carbonyl (C=O) groups excluding carboxylic acids is 2. The van der Waals surface area contributed by atoms with E-state index in [4.69, 9.17) is 18.9 Å². The second-order valence-corrected chi connectivity index (χ2v) is 9.13. The minimum Gasteiger partial charge on any atom is -0.486 e. The van der Waals surface area contributed by atoms with Gasteiger partial charge in [0.1, 0.15) is 18.0 Å². The van der Waals surface area contributed by atoms with Crippen LogP contribution in [0.4, 0.5) is 0 Å². The molecular weight excluding hydrogens is 480 g/mol. The van der Waals surface area contributed by atoms with Crippen molar-refractivity contribution in [2.75, 3.05) is 33.7 Å². The monoisotopic (exact) mass is 510 g/mol. The number of nitrogens with one attached hydrogen (secondary N) is 1. The second-order valence-electron chi connectivity index (χ2n) is 9.13. The van der Waals surface area contributed by atoms with Crippen molar-refractivity contribution in [3.05, 3.63) is 65.2 Å². The lowest BCUT2D eigenvalue weighted by Gasteiger charge is -2.40. The summed E-state index contributed by atoms with van der Waals surface area (Å²) in [5.74, 6) is 0.660. The molecule has 0 radical (unpaired) electrons. The van der Waals surface area contributed by atoms with Crippen LogP contribution in [0.1, 0.15) is 23.5 Å². The number of aliphatic hydroxyl groups excluding tert-OH is 2. The highest BCUT2D eigenvalue weighted by Gasteiger charge is 2.50. The summed E-state index contributed by atoms with van der Waals surface area (Å²) in [4.78, 5) is 28.2. The van der Waals surface area contributed by atoms with E-state index in [1.54, 1.807) is 29.2 Å². The van der Waals surface area contributed by atoms with E-state index in [1.807, 2.05) is 24.3 Å². The number of benzene rings is 2. The predicted octanol–water partition coefficient (Wildman–Crippen LogP) is 1.10. The number of hydrogen-bond acceptors (Lipinski definition) is 8. The number of fused-ring (bicyclic) bond motifs is 4. The van der Waals surface area contributed by atoms with Crippen LogP contribution < -0.4 is 19.5 Å². The van der Waals surface area contributed by atoms with Gasteiger partial charge >= 0.3 is 0 Å². The Hall–Kier alpha value is -3.60. The minimum atomic E-state index is -1.10. The van der Waals surface area contributed by atoms with Crippen LogP contribution in [0.2, 0.25) is 0 Å². The fraction of sp³-hybridized carbons (Fsp3) is 0.407. The van der Waals surface area contributed by atoms with E-state index in [-0.39, 0.29) is 51.3 Å². The van der Waals surface area contributed by atoms with Crippen LogP contribution in [0.15, 0.2) is 54.1 Å². The molecule has 0 bridgehead atoms. The zero-order valence-electron chi connectivity index (χ0n) is 20.5. The minimum absolute atomic E-state index is 0.0803. The lowest BCUT2D eigenvalue weighted by molar-refractivity contribution is -0.139. The Labute approximate surface area is 214 Å². The molecule has 10 nitrogen and oxygen atoms in total. The van der Waals surface area contributed by atoms with Gasteiger partial charge in [-0.25, -0.2) is 0 Å². The third kappa shape index (κ3) is 4.87. The third-order valence-corrected chi connectivity index (χ3v) is 6.87. The lowest BCUT2D eigenvalue weighted by Crippen LogP contribution is -2.55. The number of aliphatic hydroxyl groups is 2. The summed E-state index contributed by atoms with van der Waals surface area (Å²) < 4.78 is 22.2. The molecule has 196 valence electrons. The molecule has 0 spiro atoms. The van der Waals surface area contributed by atoms with Crippen molar-refractivity contribution in [3.8, 4) is 17.2 Å². The van der Waals surface area contributed by atoms with E-state index in [2.05, 4.69) is 5.32 Å². The Morgan fingerprint density at radius 1 is 1.14 bits per heavy atom. The van der Waals surface area contributed by atoms with Crippen molar-refractivity contribution in [2.45, 2.75) is 37.1 Å². The standard InChI is InChI=1S/C27H30N2O8/c1-34-11-8-23(31)29(14-16-6-7-21-22(12-16)36-15-35-21)19-13-18(27(33)28-9-10-30)24-17-4-2-3-5-20(17)37-26(24)25(19)32/h2-7,12-13,19,24-26,30,32H,8-11,14-15H2,1H3,(H,28,33). The van der Waals surface area contributed by atoms with E-state index < -0.39 is 24.2 Å². The van der Waals surface area contributed by atoms with Gasteiger partial charge in [0, 0.05) is 31.3 Å². The molecule has 5 rings (SSSR count). The van der Waals surface area contributed by atoms with E-state index >= 15 is 0 Å². The Morgan fingerprint density at radius 3 is 2.76 bits per heavy atom. The van der Waals surface area contributed by atoms with Crippen LogP contribution in [0.25, 0.3) is 0 Å². The summed E-state index contributed by atoms with van der Waals surface area (Å²) in [5, 5.41) is 23.5. The highest BCUT2D eigenvalue weighted by Crippen LogP contribution is 2.47. The van der Waals surface area contributed by atoms with Gasteiger partial charge in [-0.1, -0.05) is 24.3 Å². The average Bonchev–Trinajstić information content (AvgIpc) is 3.54. The maximum absolute atomic E-state index is 13.4. The molecule has 37 heavy (non-hydrogen) atoms. The van der Waals surface area contributed by atoms with Crippen molar-refractivity contribution < 1.29 is 38.7 Å². The molecule has 2 aliphatic heterocycles. The molecule has 10 heteroatoms. The molecule has 2 amide bonds. The smallest absolute Gasteiger partial charge is 0.247 e. The van der Waals surface area contributed by atoms with Crippen molar-refractivity contribution in [2.24, 2.45) is 0 Å². The number of amides is 2. The first kappa shape index (κ1) is 25.1. The molecule has 4 unspecified atom stereocenters. The normalized spacial score (nSPS) is 22.9. The molecule has 0 fully saturated rings. The Kier molecular flexibility index (Phi) is 7.31. The molecule has 4 atom stereocenters. The fourth-order valence-corrected chi connectivity index (χ4v) is 5.12. The summed E-state index contributed by atoms with van der Waals surface area (Å²) in [5.41, 5.74) is 1.96. The summed E-state index contributed by atoms with van der Waals surface area (Å²) >= 11 is 0. The van der Waals surface area contributed by atoms with Crippen LogP contribution in [-0.2, 0) is 20.9 Å². The van der Waals surface area contributed by atoms with Gasteiger partial charge in [0.15, 0.2) is 11.5 Å². The highest BCUT2D eigenvalue weighted by molar-refractivity contribution is 5.96. The molecule has 2 aromatic carbocycles. The topological polar surface area (TPSA) is 127 Å². The molecule has 2 heterocycles. The van der Waals surface area contributed by atoms with Crippen molar-refractivity contribution >= 4 is 11.8 Å². The van der Waals surface area contributed by atoms with E-state index in [9.17, 15) is 19.8 Å². The molecule has 0 saturated carbocycles. The maximum Gasteiger partial charge on any atom is 0.247 e. The molecule has 0 aromatic heterocycles. The molecule has 0 saturated heterocycles. The number of rotatable bonds is 9. The van der Waals surface area contributed by atoms with Gasteiger partial charge in [-0.05, 0) is 29.8 Å². The highest BCUT2D eigenvalue weighted by atomic mass is 16.7. The van der Waals surface area contributed by atoms with E-state index in [1.165, 1.54) is 7.11 Å². The first-order valence-electron chi connectivity index (χ1n) is 12.2. The Morgan fingerprint density at radius 2 is 1.95 bits per heavy atom. The largest absolute Gasteiger partial charge is 0.486 e. The van der Waals surface area contributed by atoms with Crippen molar-refractivity contribution in [1.29, 1.82) is 0 Å². The van der Waals surface area contributed by atoms with Gasteiger partial charge in [-0.15, -0.1) is 0 Å². The van der Waals surface area contributed by atoms with E-state index in [0.717, 1.165) is 11.1 Å². The van der Waals surface area contributed by atoms with Crippen LogP contribution in [0.3, 0.4) is 0 Å². The molecular formula is C27H30N2O8. The maximum atomic E-state index is 13.4. The summed E-state index contributed by atoms with van der Waals surface area (Å²) in [6, 6.07) is 11.9. The SMILES string of the molecule is COCCC(=O)N(Cc1ccc2c(c1)OCO2)C1C=C(C(=O)NCCO)C2c3ccccc3OC2C1O. The number of ether oxygens (including phenoxy) is 4. The number of methoxy groups -OCH3 is 1. The Bertz CT molecular complexity index is 1200. The van der Waals surface area contributed by atoms with Crippen LogP contribution in [-0.4, -0.2) is 78.8 Å². The zero-order chi connectivity index (χ0) is 25.9. The summed E-state index contributed by atoms with van der Waals surface area (Å²) in [6.45, 7) is 0.371. The lowest BCUT2D eigenvalue weighted by atomic mass is 9.77. The van der Waals surface area contributed by atoms with Gasteiger partial charge < -0.3 is 39.4 Å². The Balaban J connectivity index is 1.52. The van der Waals surface area contributed by atoms with Gasteiger partial charge in [-0.2, -0.15) is 0 Å². The molecule has 2 aromatic rings. The molecule has 1 aliphatic carbocycles. The van der Waals surface area contributed by atoms with Crippen LogP contribution in [0, 0.1) is 0 Å². The fourth-order valence-electron chi connectivity index (χ4n) is 5.12. The van der Waals surface area contributed by atoms with E-state index in [0.29, 0.717) is 22.8 Å². The quantitative estimate of drug-likeness (QED) is 0.458. The van der Waals surface area contributed by atoms with Gasteiger partial charge in [0.25, 0.3) is 0 Å². The molecule has 3 N–H and O–H groups in total. The summed E-state index contributed by atoms with van der Waals surface area (Å²) in [7, 11) is 1.52. The van der Waals surface area contributed by atoms with Crippen molar-refractivity contribution in [3.63, 3.8) is 0 Å². The predicted molar refractivity (Wildman–Crippen MR) is 131 cm³/mol. The summed E-state index contributed by atoms with van der Waals surface area (Å²) in [6.07, 6.45) is -0.120. The van der Waals surface area contributed by atoms with Gasteiger partial charge in [0.2, 0.25) is 18.6 Å². The van der Waals surface area contributed by atoms with Crippen LogP contribution >= 0.6 is 0 Å². The number of carbonyl (C=O) groups is 2. The number of nitrogens with zero attached hydrogens (tertiary/aromatic N) is 1. The second kappa shape index (κ2) is 10.8.